The van der Waals surface area contributed by atoms with Gasteiger partial charge in [0.15, 0.2) is 6.04 Å². The van der Waals surface area contributed by atoms with E-state index < -0.39 is 17.9 Å². The quantitative estimate of drug-likeness (QED) is 0.859. The molecule has 0 fully saturated rings. The van der Waals surface area contributed by atoms with E-state index in [2.05, 4.69) is 5.32 Å². The average Bonchev–Trinajstić information content (AvgIpc) is 2.50. The number of hydrogen-bond donors (Lipinski definition) is 2. The third-order valence-electron chi connectivity index (χ3n) is 3.46. The number of fused-ring (bicyclic) bond motifs is 1. The van der Waals surface area contributed by atoms with E-state index in [1.165, 1.54) is 0 Å². The van der Waals surface area contributed by atoms with E-state index >= 15 is 0 Å². The molecule has 2 rings (SSSR count). The summed E-state index contributed by atoms with van der Waals surface area (Å²) in [7, 11) is 0. The van der Waals surface area contributed by atoms with Gasteiger partial charge >= 0.3 is 5.97 Å². The Morgan fingerprint density at radius 3 is 2.64 bits per heavy atom. The molecule has 2 aromatic rings. The van der Waals surface area contributed by atoms with Crippen molar-refractivity contribution in [1.29, 1.82) is 0 Å². The molecule has 5 nitrogen and oxygen atoms in total. The van der Waals surface area contributed by atoms with Gasteiger partial charge in [0, 0.05) is 6.61 Å². The van der Waals surface area contributed by atoms with E-state index in [1.54, 1.807) is 6.92 Å². The Morgan fingerprint density at radius 2 is 1.95 bits per heavy atom. The molecule has 0 saturated heterocycles. The fourth-order valence-electron chi connectivity index (χ4n) is 2.32. The van der Waals surface area contributed by atoms with Crippen molar-refractivity contribution in [3.63, 3.8) is 0 Å². The van der Waals surface area contributed by atoms with Gasteiger partial charge in [0.25, 0.3) is 5.91 Å². The summed E-state index contributed by atoms with van der Waals surface area (Å²) in [6, 6.07) is 10.3. The molecule has 0 aliphatic rings. The van der Waals surface area contributed by atoms with E-state index in [0.29, 0.717) is 12.2 Å². The van der Waals surface area contributed by atoms with Crippen molar-refractivity contribution in [2.45, 2.75) is 19.9 Å². The lowest BCUT2D eigenvalue weighted by atomic mass is 9.99. The van der Waals surface area contributed by atoms with Gasteiger partial charge in [-0.25, -0.2) is 4.79 Å². The number of carbonyl (C=O) groups excluding carboxylic acids is 1. The third kappa shape index (κ3) is 3.43. The van der Waals surface area contributed by atoms with E-state index in [1.807, 2.05) is 43.3 Å². The standard InChI is InChI=1S/C17H19NO4/c1-3-22-10-14(17(20)21)18-16(19)15-11(2)8-9-12-6-4-5-7-13(12)15/h4-9,14H,3,10H2,1-2H3,(H,18,19)(H,20,21)/t14-/m0/s1. The molecule has 0 aromatic heterocycles. The lowest BCUT2D eigenvalue weighted by molar-refractivity contribution is -0.140. The zero-order valence-corrected chi connectivity index (χ0v) is 12.6. The summed E-state index contributed by atoms with van der Waals surface area (Å²) in [4.78, 5) is 23.8. The van der Waals surface area contributed by atoms with Crippen LogP contribution in [0.5, 0.6) is 0 Å². The summed E-state index contributed by atoms with van der Waals surface area (Å²) in [5.41, 5.74) is 1.30. The fraction of sp³-hybridized carbons (Fsp3) is 0.294. The molecule has 0 aliphatic heterocycles. The minimum absolute atomic E-state index is 0.0542. The predicted molar refractivity (Wildman–Crippen MR) is 84.1 cm³/mol. The molecule has 0 unspecified atom stereocenters. The van der Waals surface area contributed by atoms with Crippen LogP contribution in [0.4, 0.5) is 0 Å². The van der Waals surface area contributed by atoms with Gasteiger partial charge in [0.05, 0.1) is 12.2 Å². The number of aliphatic carboxylic acids is 1. The number of nitrogens with one attached hydrogen (secondary N) is 1. The number of carboxylic acid groups (broad SMARTS) is 1. The summed E-state index contributed by atoms with van der Waals surface area (Å²) in [6.07, 6.45) is 0. The Morgan fingerprint density at radius 1 is 1.23 bits per heavy atom. The minimum atomic E-state index is -1.11. The first-order valence-electron chi connectivity index (χ1n) is 7.14. The zero-order chi connectivity index (χ0) is 16.1. The van der Waals surface area contributed by atoms with Crippen molar-refractivity contribution in [2.75, 3.05) is 13.2 Å². The lowest BCUT2D eigenvalue weighted by Crippen LogP contribution is -2.44. The average molecular weight is 301 g/mol. The van der Waals surface area contributed by atoms with Crippen molar-refractivity contribution in [2.24, 2.45) is 0 Å². The number of ether oxygens (including phenoxy) is 1. The van der Waals surface area contributed by atoms with E-state index in [4.69, 9.17) is 4.74 Å². The van der Waals surface area contributed by atoms with Crippen LogP contribution in [0.3, 0.4) is 0 Å². The van der Waals surface area contributed by atoms with Gasteiger partial charge in [-0.05, 0) is 30.2 Å². The van der Waals surface area contributed by atoms with E-state index in [0.717, 1.165) is 16.3 Å². The first-order chi connectivity index (χ1) is 10.5. The second kappa shape index (κ2) is 7.04. The Balaban J connectivity index is 2.32. The monoisotopic (exact) mass is 301 g/mol. The maximum Gasteiger partial charge on any atom is 0.328 e. The summed E-state index contributed by atoms with van der Waals surface area (Å²) < 4.78 is 5.12. The number of amides is 1. The van der Waals surface area contributed by atoms with E-state index in [9.17, 15) is 14.7 Å². The second-order valence-corrected chi connectivity index (χ2v) is 5.00. The summed E-state index contributed by atoms with van der Waals surface area (Å²) in [5, 5.41) is 13.5. The molecular formula is C17H19NO4. The first kappa shape index (κ1) is 16.0. The van der Waals surface area contributed by atoms with Crippen molar-refractivity contribution >= 4 is 22.6 Å². The molecule has 5 heteroatoms. The van der Waals surface area contributed by atoms with Gasteiger partial charge in [-0.1, -0.05) is 36.4 Å². The fourth-order valence-corrected chi connectivity index (χ4v) is 2.32. The molecule has 116 valence electrons. The minimum Gasteiger partial charge on any atom is -0.480 e. The van der Waals surface area contributed by atoms with Crippen LogP contribution < -0.4 is 5.32 Å². The molecule has 2 aromatic carbocycles. The normalized spacial score (nSPS) is 12.1. The number of carbonyl (C=O) groups is 2. The predicted octanol–water partition coefficient (Wildman–Crippen LogP) is 2.37. The molecular weight excluding hydrogens is 282 g/mol. The smallest absolute Gasteiger partial charge is 0.328 e. The SMILES string of the molecule is CCOC[C@H](NC(=O)c1c(C)ccc2ccccc12)C(=O)O. The highest BCUT2D eigenvalue weighted by atomic mass is 16.5. The number of carboxylic acids is 1. The topological polar surface area (TPSA) is 75.6 Å². The highest BCUT2D eigenvalue weighted by Gasteiger charge is 2.22. The van der Waals surface area contributed by atoms with E-state index in [-0.39, 0.29) is 6.61 Å². The molecule has 22 heavy (non-hydrogen) atoms. The number of hydrogen-bond acceptors (Lipinski definition) is 3. The van der Waals surface area contributed by atoms with Gasteiger partial charge in [0.1, 0.15) is 0 Å². The van der Waals surface area contributed by atoms with Crippen LogP contribution in [0.1, 0.15) is 22.8 Å². The Labute approximate surface area is 128 Å². The van der Waals surface area contributed by atoms with Gasteiger partial charge < -0.3 is 15.2 Å². The van der Waals surface area contributed by atoms with Crippen molar-refractivity contribution in [1.82, 2.24) is 5.32 Å². The highest BCUT2D eigenvalue weighted by molar-refractivity contribution is 6.09. The van der Waals surface area contributed by atoms with Crippen LogP contribution in [0.15, 0.2) is 36.4 Å². The molecule has 0 radical (unpaired) electrons. The van der Waals surface area contributed by atoms with Crippen molar-refractivity contribution in [3.8, 4) is 0 Å². The Bertz CT molecular complexity index is 696. The second-order valence-electron chi connectivity index (χ2n) is 5.00. The van der Waals surface area contributed by atoms with Gasteiger partial charge in [-0.2, -0.15) is 0 Å². The summed E-state index contributed by atoms with van der Waals surface area (Å²) in [6.45, 7) is 3.95. The van der Waals surface area contributed by atoms with Crippen LogP contribution in [0, 0.1) is 6.92 Å². The van der Waals surface area contributed by atoms with Crippen molar-refractivity contribution < 1.29 is 19.4 Å². The number of aryl methyl sites for hydroxylation is 1. The molecule has 0 heterocycles. The van der Waals surface area contributed by atoms with Crippen LogP contribution in [0.2, 0.25) is 0 Å². The van der Waals surface area contributed by atoms with Crippen LogP contribution in [-0.4, -0.2) is 36.2 Å². The zero-order valence-electron chi connectivity index (χ0n) is 12.6. The van der Waals surface area contributed by atoms with Gasteiger partial charge in [-0.15, -0.1) is 0 Å². The molecule has 0 spiro atoms. The molecule has 1 amide bonds. The van der Waals surface area contributed by atoms with Crippen LogP contribution in [-0.2, 0) is 9.53 Å². The Hall–Kier alpha value is -2.40. The first-order valence-corrected chi connectivity index (χ1v) is 7.14. The third-order valence-corrected chi connectivity index (χ3v) is 3.46. The molecule has 1 atom stereocenters. The molecule has 2 N–H and O–H groups in total. The maximum atomic E-state index is 12.5. The number of benzene rings is 2. The van der Waals surface area contributed by atoms with Gasteiger partial charge in [0.2, 0.25) is 0 Å². The molecule has 0 aliphatic carbocycles. The number of rotatable bonds is 6. The summed E-state index contributed by atoms with van der Waals surface area (Å²) in [5.74, 6) is -1.51. The Kier molecular flexibility index (Phi) is 5.12. The highest BCUT2D eigenvalue weighted by Crippen LogP contribution is 2.22. The van der Waals surface area contributed by atoms with Gasteiger partial charge in [-0.3, -0.25) is 4.79 Å². The molecule has 0 bridgehead atoms. The summed E-state index contributed by atoms with van der Waals surface area (Å²) >= 11 is 0. The molecule has 0 saturated carbocycles. The van der Waals surface area contributed by atoms with Crippen LogP contribution in [0.25, 0.3) is 10.8 Å². The maximum absolute atomic E-state index is 12.5. The van der Waals surface area contributed by atoms with Crippen molar-refractivity contribution in [3.05, 3.63) is 47.5 Å². The lowest BCUT2D eigenvalue weighted by Gasteiger charge is -2.16. The largest absolute Gasteiger partial charge is 0.480 e. The van der Waals surface area contributed by atoms with Crippen LogP contribution >= 0.6 is 0 Å².